The van der Waals surface area contributed by atoms with E-state index in [0.29, 0.717) is 12.5 Å². The van der Waals surface area contributed by atoms with E-state index in [1.165, 1.54) is 25.7 Å². The highest BCUT2D eigenvalue weighted by atomic mass is 16.5. The van der Waals surface area contributed by atoms with E-state index in [2.05, 4.69) is 0 Å². The molecule has 0 bridgehead atoms. The highest BCUT2D eigenvalue weighted by Gasteiger charge is 2.22. The molecule has 1 aromatic rings. The second kappa shape index (κ2) is 5.17. The lowest BCUT2D eigenvalue weighted by molar-refractivity contribution is 0.247. The Kier molecular flexibility index (Phi) is 3.62. The van der Waals surface area contributed by atoms with Gasteiger partial charge in [0.25, 0.3) is 0 Å². The van der Waals surface area contributed by atoms with Crippen LogP contribution in [0, 0.1) is 5.92 Å². The average molecular weight is 205 g/mol. The molecular formula is C13H19NO. The van der Waals surface area contributed by atoms with Crippen LogP contribution in [-0.4, -0.2) is 12.6 Å². The lowest BCUT2D eigenvalue weighted by atomic mass is 10.00. The van der Waals surface area contributed by atoms with Gasteiger partial charge in [-0.1, -0.05) is 31.0 Å². The number of rotatable bonds is 4. The molecule has 2 heteroatoms. The zero-order valence-electron chi connectivity index (χ0n) is 9.06. The summed E-state index contributed by atoms with van der Waals surface area (Å²) < 4.78 is 5.66. The van der Waals surface area contributed by atoms with Crippen molar-refractivity contribution in [1.29, 1.82) is 0 Å². The molecule has 0 amide bonds. The summed E-state index contributed by atoms with van der Waals surface area (Å²) in [4.78, 5) is 0. The second-order valence-corrected chi connectivity index (χ2v) is 4.33. The quantitative estimate of drug-likeness (QED) is 0.820. The molecule has 1 fully saturated rings. The lowest BCUT2D eigenvalue weighted by Crippen LogP contribution is -2.34. The molecule has 0 aliphatic heterocycles. The summed E-state index contributed by atoms with van der Waals surface area (Å²) in [6.07, 6.45) is 5.23. The van der Waals surface area contributed by atoms with Crippen LogP contribution < -0.4 is 10.5 Å². The van der Waals surface area contributed by atoms with Crippen LogP contribution in [0.25, 0.3) is 0 Å². The molecule has 0 aromatic heterocycles. The molecule has 0 radical (unpaired) electrons. The third-order valence-corrected chi connectivity index (χ3v) is 3.19. The van der Waals surface area contributed by atoms with Crippen molar-refractivity contribution >= 4 is 0 Å². The van der Waals surface area contributed by atoms with Gasteiger partial charge in [0, 0.05) is 6.04 Å². The van der Waals surface area contributed by atoms with Gasteiger partial charge in [-0.3, -0.25) is 0 Å². The molecule has 2 rings (SSSR count). The number of ether oxygens (including phenoxy) is 1. The third-order valence-electron chi connectivity index (χ3n) is 3.19. The maximum atomic E-state index is 6.10. The van der Waals surface area contributed by atoms with Crippen molar-refractivity contribution in [3.63, 3.8) is 0 Å². The van der Waals surface area contributed by atoms with Gasteiger partial charge in [0.2, 0.25) is 0 Å². The first kappa shape index (κ1) is 10.5. The van der Waals surface area contributed by atoms with Gasteiger partial charge in [-0.25, -0.2) is 0 Å². The lowest BCUT2D eigenvalue weighted by Gasteiger charge is -2.19. The molecular weight excluding hydrogens is 186 g/mol. The SMILES string of the molecule is NC(COc1ccccc1)C1CCCC1. The Hall–Kier alpha value is -1.02. The molecule has 1 aliphatic carbocycles. The van der Waals surface area contributed by atoms with E-state index >= 15 is 0 Å². The zero-order chi connectivity index (χ0) is 10.5. The maximum Gasteiger partial charge on any atom is 0.119 e. The van der Waals surface area contributed by atoms with Crippen LogP contribution in [0.15, 0.2) is 30.3 Å². The minimum Gasteiger partial charge on any atom is -0.492 e. The van der Waals surface area contributed by atoms with Crippen LogP contribution in [-0.2, 0) is 0 Å². The van der Waals surface area contributed by atoms with Crippen LogP contribution in [0.2, 0.25) is 0 Å². The van der Waals surface area contributed by atoms with Crippen LogP contribution >= 0.6 is 0 Å². The third kappa shape index (κ3) is 2.96. The fourth-order valence-corrected chi connectivity index (χ4v) is 2.23. The van der Waals surface area contributed by atoms with Crippen LogP contribution in [0.1, 0.15) is 25.7 Å². The molecule has 0 heterocycles. The topological polar surface area (TPSA) is 35.2 Å². The maximum absolute atomic E-state index is 6.10. The minimum absolute atomic E-state index is 0.202. The Morgan fingerprint density at radius 2 is 1.87 bits per heavy atom. The molecule has 0 spiro atoms. The first-order valence-corrected chi connectivity index (χ1v) is 5.79. The smallest absolute Gasteiger partial charge is 0.119 e. The van der Waals surface area contributed by atoms with Crippen LogP contribution in [0.5, 0.6) is 5.75 Å². The number of benzene rings is 1. The number of nitrogens with two attached hydrogens (primary N) is 1. The number of hydrogen-bond donors (Lipinski definition) is 1. The number of para-hydroxylation sites is 1. The molecule has 1 aromatic carbocycles. The predicted molar refractivity (Wildman–Crippen MR) is 61.9 cm³/mol. The fraction of sp³-hybridized carbons (Fsp3) is 0.538. The average Bonchev–Trinajstić information content (AvgIpc) is 2.81. The minimum atomic E-state index is 0.202. The van der Waals surface area contributed by atoms with Crippen molar-refractivity contribution in [2.75, 3.05) is 6.61 Å². The summed E-state index contributed by atoms with van der Waals surface area (Å²) in [7, 11) is 0. The molecule has 82 valence electrons. The van der Waals surface area contributed by atoms with Crippen molar-refractivity contribution in [1.82, 2.24) is 0 Å². The van der Waals surface area contributed by atoms with E-state index in [1.807, 2.05) is 30.3 Å². The normalized spacial score (nSPS) is 19.0. The van der Waals surface area contributed by atoms with Crippen molar-refractivity contribution in [3.8, 4) is 5.75 Å². The van der Waals surface area contributed by atoms with Gasteiger partial charge in [-0.2, -0.15) is 0 Å². The van der Waals surface area contributed by atoms with Crippen molar-refractivity contribution in [2.45, 2.75) is 31.7 Å². The predicted octanol–water partition coefficient (Wildman–Crippen LogP) is 2.58. The summed E-state index contributed by atoms with van der Waals surface area (Å²) in [6.45, 7) is 0.648. The van der Waals surface area contributed by atoms with Gasteiger partial charge in [0.05, 0.1) is 0 Å². The van der Waals surface area contributed by atoms with Gasteiger partial charge in [-0.05, 0) is 30.9 Å². The summed E-state index contributed by atoms with van der Waals surface area (Å²) in [5, 5.41) is 0. The monoisotopic (exact) mass is 205 g/mol. The number of hydrogen-bond acceptors (Lipinski definition) is 2. The van der Waals surface area contributed by atoms with Gasteiger partial charge in [0.15, 0.2) is 0 Å². The molecule has 0 saturated heterocycles. The summed E-state index contributed by atoms with van der Waals surface area (Å²) in [5.74, 6) is 1.60. The first-order valence-electron chi connectivity index (χ1n) is 5.79. The van der Waals surface area contributed by atoms with Gasteiger partial charge in [0.1, 0.15) is 12.4 Å². The van der Waals surface area contributed by atoms with Crippen LogP contribution in [0.4, 0.5) is 0 Å². The van der Waals surface area contributed by atoms with Gasteiger partial charge in [-0.15, -0.1) is 0 Å². The molecule has 1 unspecified atom stereocenters. The summed E-state index contributed by atoms with van der Waals surface area (Å²) in [6, 6.07) is 10.1. The van der Waals surface area contributed by atoms with Crippen molar-refractivity contribution in [3.05, 3.63) is 30.3 Å². The molecule has 1 aliphatic rings. The van der Waals surface area contributed by atoms with Crippen molar-refractivity contribution < 1.29 is 4.74 Å². The highest BCUT2D eigenvalue weighted by Crippen LogP contribution is 2.27. The van der Waals surface area contributed by atoms with E-state index < -0.39 is 0 Å². The Labute approximate surface area is 91.4 Å². The molecule has 1 atom stereocenters. The summed E-state index contributed by atoms with van der Waals surface area (Å²) in [5.41, 5.74) is 6.10. The highest BCUT2D eigenvalue weighted by molar-refractivity contribution is 5.20. The second-order valence-electron chi connectivity index (χ2n) is 4.33. The molecule has 15 heavy (non-hydrogen) atoms. The largest absolute Gasteiger partial charge is 0.492 e. The fourth-order valence-electron chi connectivity index (χ4n) is 2.23. The Balaban J connectivity index is 1.77. The Bertz CT molecular complexity index is 280. The molecule has 2 nitrogen and oxygen atoms in total. The van der Waals surface area contributed by atoms with Gasteiger partial charge < -0.3 is 10.5 Å². The van der Waals surface area contributed by atoms with E-state index in [9.17, 15) is 0 Å². The zero-order valence-corrected chi connectivity index (χ0v) is 9.06. The summed E-state index contributed by atoms with van der Waals surface area (Å²) >= 11 is 0. The van der Waals surface area contributed by atoms with Gasteiger partial charge >= 0.3 is 0 Å². The van der Waals surface area contributed by atoms with E-state index in [4.69, 9.17) is 10.5 Å². The van der Waals surface area contributed by atoms with Crippen molar-refractivity contribution in [2.24, 2.45) is 11.7 Å². The Morgan fingerprint density at radius 1 is 1.20 bits per heavy atom. The van der Waals surface area contributed by atoms with Crippen LogP contribution in [0.3, 0.4) is 0 Å². The standard InChI is InChI=1S/C13H19NO/c14-13(11-6-4-5-7-11)10-15-12-8-2-1-3-9-12/h1-3,8-9,11,13H,4-7,10,14H2. The molecule has 2 N–H and O–H groups in total. The van der Waals surface area contributed by atoms with E-state index in [1.54, 1.807) is 0 Å². The Morgan fingerprint density at radius 3 is 2.53 bits per heavy atom. The van der Waals surface area contributed by atoms with E-state index in [0.717, 1.165) is 5.75 Å². The first-order chi connectivity index (χ1) is 7.36. The van der Waals surface area contributed by atoms with E-state index in [-0.39, 0.29) is 6.04 Å². The molecule has 1 saturated carbocycles.